The minimum atomic E-state index is -1.84. The third-order valence-electron chi connectivity index (χ3n) is 5.99. The van der Waals surface area contributed by atoms with Crippen molar-refractivity contribution in [3.05, 3.63) is 24.3 Å². The van der Waals surface area contributed by atoms with E-state index in [4.69, 9.17) is 18.9 Å². The van der Waals surface area contributed by atoms with Crippen molar-refractivity contribution in [3.63, 3.8) is 0 Å². The van der Waals surface area contributed by atoms with Crippen LogP contribution in [0.2, 0.25) is 0 Å². The van der Waals surface area contributed by atoms with E-state index in [1.165, 1.54) is 20.8 Å². The van der Waals surface area contributed by atoms with Crippen molar-refractivity contribution in [1.29, 1.82) is 0 Å². The second kappa shape index (κ2) is 13.7. The molecule has 10 nitrogen and oxygen atoms in total. The van der Waals surface area contributed by atoms with Gasteiger partial charge in [-0.3, -0.25) is 0 Å². The Morgan fingerprint density at radius 1 is 0.771 bits per heavy atom. The van der Waals surface area contributed by atoms with E-state index in [1.54, 1.807) is 34.6 Å². The average Bonchev–Trinajstić information content (AvgIpc) is 2.72. The molecule has 0 spiro atoms. The summed E-state index contributed by atoms with van der Waals surface area (Å²) < 4.78 is 21.4. The summed E-state index contributed by atoms with van der Waals surface area (Å²) in [4.78, 5) is 49.1. The van der Waals surface area contributed by atoms with Crippen LogP contribution in [-0.4, -0.2) is 55.2 Å². The topological polar surface area (TPSA) is 129 Å². The van der Waals surface area contributed by atoms with E-state index in [0.717, 1.165) is 0 Å². The Labute approximate surface area is 208 Å². The van der Waals surface area contributed by atoms with Crippen LogP contribution in [0.5, 0.6) is 0 Å². The molecule has 35 heavy (non-hydrogen) atoms. The maximum atomic E-state index is 12.6. The summed E-state index contributed by atoms with van der Waals surface area (Å²) in [6.07, 6.45) is 0.188. The second-order valence-electron chi connectivity index (χ2n) is 9.19. The average molecular weight is 499 g/mol. The number of alkyl carbamates (subject to hydrolysis) is 2. The minimum absolute atomic E-state index is 0.111. The lowest BCUT2D eigenvalue weighted by molar-refractivity contribution is -0.272. The molecule has 0 aliphatic carbocycles. The molecule has 0 heterocycles. The molecule has 0 aromatic carbocycles. The van der Waals surface area contributed by atoms with Gasteiger partial charge >= 0.3 is 24.1 Å². The van der Waals surface area contributed by atoms with Crippen LogP contribution in [0.4, 0.5) is 9.59 Å². The number of unbranched alkanes of at least 4 members (excludes halogenated alkanes) is 1. The number of rotatable bonds is 14. The van der Waals surface area contributed by atoms with E-state index in [2.05, 4.69) is 23.8 Å². The zero-order valence-electron chi connectivity index (χ0n) is 22.4. The number of carbonyl (C=O) groups excluding carboxylic acids is 4. The summed E-state index contributed by atoms with van der Waals surface area (Å²) in [6.45, 7) is 21.0. The second-order valence-corrected chi connectivity index (χ2v) is 9.19. The summed E-state index contributed by atoms with van der Waals surface area (Å²) in [7, 11) is 0. The van der Waals surface area contributed by atoms with Gasteiger partial charge in [0.15, 0.2) is 0 Å². The standard InChI is InChI=1S/C25H42N2O8/c1-11-32-21(30)26-16-14-13-15-24(9,23(7,8)27-22(31)33-12-2)25(10,34-19(28)17(3)4)35-20(29)18(5)6/h3,5,11-16H2,1-2,4,6-10H3,(H,26,30)(H,27,31). The summed E-state index contributed by atoms with van der Waals surface area (Å²) in [5.41, 5.74) is -2.06. The monoisotopic (exact) mass is 498 g/mol. The Morgan fingerprint density at radius 3 is 1.66 bits per heavy atom. The Morgan fingerprint density at radius 2 is 1.23 bits per heavy atom. The molecule has 0 aromatic rings. The molecule has 0 saturated carbocycles. The highest BCUT2D eigenvalue weighted by Crippen LogP contribution is 2.49. The van der Waals surface area contributed by atoms with Gasteiger partial charge < -0.3 is 29.6 Å². The normalized spacial score (nSPS) is 13.0. The van der Waals surface area contributed by atoms with Crippen molar-refractivity contribution in [1.82, 2.24) is 10.6 Å². The van der Waals surface area contributed by atoms with Gasteiger partial charge in [0, 0.05) is 24.6 Å². The van der Waals surface area contributed by atoms with E-state index in [1.807, 2.05) is 0 Å². The zero-order chi connectivity index (χ0) is 27.4. The predicted octanol–water partition coefficient (Wildman–Crippen LogP) is 4.39. The molecule has 2 amide bonds. The number of ether oxygens (including phenoxy) is 4. The Hall–Kier alpha value is -3.04. The van der Waals surface area contributed by atoms with Crippen LogP contribution in [-0.2, 0) is 28.5 Å². The van der Waals surface area contributed by atoms with Gasteiger partial charge in [-0.05, 0) is 61.3 Å². The molecule has 1 atom stereocenters. The van der Waals surface area contributed by atoms with Crippen LogP contribution in [0.3, 0.4) is 0 Å². The van der Waals surface area contributed by atoms with Gasteiger partial charge in [-0.1, -0.05) is 19.6 Å². The molecule has 0 aliphatic rings. The summed E-state index contributed by atoms with van der Waals surface area (Å²) >= 11 is 0. The van der Waals surface area contributed by atoms with Crippen molar-refractivity contribution in [2.24, 2.45) is 5.41 Å². The van der Waals surface area contributed by atoms with Crippen molar-refractivity contribution >= 4 is 24.1 Å². The van der Waals surface area contributed by atoms with Crippen LogP contribution in [0.1, 0.15) is 74.7 Å². The van der Waals surface area contributed by atoms with Gasteiger partial charge in [0.2, 0.25) is 0 Å². The highest BCUT2D eigenvalue weighted by Gasteiger charge is 2.59. The third-order valence-corrected chi connectivity index (χ3v) is 5.99. The molecule has 0 aromatic heterocycles. The molecular formula is C25H42N2O8. The molecule has 0 bridgehead atoms. The number of hydrogen-bond donors (Lipinski definition) is 2. The van der Waals surface area contributed by atoms with Crippen LogP contribution in [0, 0.1) is 5.41 Å². The lowest BCUT2D eigenvalue weighted by atomic mass is 9.64. The molecule has 0 saturated heterocycles. The first kappa shape index (κ1) is 32.0. The molecule has 200 valence electrons. The van der Waals surface area contributed by atoms with Crippen molar-refractivity contribution in [2.45, 2.75) is 86.0 Å². The molecule has 0 rings (SSSR count). The van der Waals surface area contributed by atoms with Crippen LogP contribution < -0.4 is 10.6 Å². The Kier molecular flexibility index (Phi) is 12.6. The molecular weight excluding hydrogens is 456 g/mol. The largest absolute Gasteiger partial charge is 0.450 e. The molecule has 0 fully saturated rings. The highest BCUT2D eigenvalue weighted by atomic mass is 16.7. The van der Waals surface area contributed by atoms with Crippen LogP contribution in [0.15, 0.2) is 24.3 Å². The SMILES string of the molecule is C=C(C)C(=O)OC(C)(OC(=O)C(=C)C)C(C)(CCCCNC(=O)OCC)C(C)(C)NC(=O)OCC. The highest BCUT2D eigenvalue weighted by molar-refractivity contribution is 5.89. The number of amides is 2. The third kappa shape index (κ3) is 9.26. The predicted molar refractivity (Wildman–Crippen MR) is 131 cm³/mol. The lowest BCUT2D eigenvalue weighted by Crippen LogP contribution is -2.66. The van der Waals surface area contributed by atoms with Gasteiger partial charge in [-0.2, -0.15) is 0 Å². The van der Waals surface area contributed by atoms with E-state index in [9.17, 15) is 19.2 Å². The van der Waals surface area contributed by atoms with E-state index in [-0.39, 0.29) is 24.4 Å². The molecule has 10 heteroatoms. The number of esters is 2. The first-order valence-corrected chi connectivity index (χ1v) is 11.7. The Balaban J connectivity index is 6.22. The maximum Gasteiger partial charge on any atom is 0.407 e. The number of hydrogen-bond acceptors (Lipinski definition) is 8. The lowest BCUT2D eigenvalue weighted by Gasteiger charge is -2.53. The van der Waals surface area contributed by atoms with Crippen molar-refractivity contribution in [3.8, 4) is 0 Å². The smallest absolute Gasteiger partial charge is 0.407 e. The molecule has 0 aliphatic heterocycles. The van der Waals surface area contributed by atoms with Crippen molar-refractivity contribution in [2.75, 3.05) is 19.8 Å². The fourth-order valence-corrected chi connectivity index (χ4v) is 3.42. The minimum Gasteiger partial charge on any atom is -0.450 e. The zero-order valence-corrected chi connectivity index (χ0v) is 22.4. The van der Waals surface area contributed by atoms with Crippen LogP contribution in [0.25, 0.3) is 0 Å². The van der Waals surface area contributed by atoms with Gasteiger partial charge in [-0.15, -0.1) is 0 Å². The molecule has 0 radical (unpaired) electrons. The van der Waals surface area contributed by atoms with Gasteiger partial charge in [0.05, 0.1) is 24.2 Å². The first-order chi connectivity index (χ1) is 16.1. The Bertz CT molecular complexity index is 777. The van der Waals surface area contributed by atoms with E-state index < -0.39 is 40.9 Å². The van der Waals surface area contributed by atoms with Crippen molar-refractivity contribution < 1.29 is 38.1 Å². The quantitative estimate of drug-likeness (QED) is 0.119. The van der Waals surface area contributed by atoms with E-state index in [0.29, 0.717) is 25.8 Å². The fraction of sp³-hybridized carbons (Fsp3) is 0.680. The van der Waals surface area contributed by atoms with Gasteiger partial charge in [0.1, 0.15) is 0 Å². The van der Waals surface area contributed by atoms with Gasteiger partial charge in [-0.25, -0.2) is 19.2 Å². The summed E-state index contributed by atoms with van der Waals surface area (Å²) in [5, 5.41) is 5.45. The first-order valence-electron chi connectivity index (χ1n) is 11.7. The number of carbonyl (C=O) groups is 4. The van der Waals surface area contributed by atoms with Gasteiger partial charge in [0.25, 0.3) is 5.79 Å². The fourth-order valence-electron chi connectivity index (χ4n) is 3.42. The van der Waals surface area contributed by atoms with Crippen LogP contribution >= 0.6 is 0 Å². The molecule has 2 N–H and O–H groups in total. The maximum absolute atomic E-state index is 12.6. The van der Waals surface area contributed by atoms with E-state index >= 15 is 0 Å². The number of nitrogens with one attached hydrogen (secondary N) is 2. The summed E-state index contributed by atoms with van der Waals surface area (Å²) in [6, 6.07) is 0. The molecule has 1 unspecified atom stereocenters. The summed E-state index contributed by atoms with van der Waals surface area (Å²) in [5.74, 6) is -3.36.